The number of carbonyl (C=O) groups is 1. The van der Waals surface area contributed by atoms with Gasteiger partial charge in [0.05, 0.1) is 6.10 Å². The van der Waals surface area contributed by atoms with Gasteiger partial charge in [-0.3, -0.25) is 9.69 Å². The molecule has 1 saturated carbocycles. The Labute approximate surface area is 157 Å². The summed E-state index contributed by atoms with van der Waals surface area (Å²) in [4.78, 5) is 14.2. The molecule has 1 heterocycles. The molecule has 5 nitrogen and oxygen atoms in total. The third-order valence-corrected chi connectivity index (χ3v) is 5.54. The summed E-state index contributed by atoms with van der Waals surface area (Å²) in [6.45, 7) is 3.13. The zero-order valence-electron chi connectivity index (χ0n) is 15.8. The summed E-state index contributed by atoms with van der Waals surface area (Å²) in [5.74, 6) is 1.06. The molecule has 2 fully saturated rings. The van der Waals surface area contributed by atoms with Crippen LogP contribution in [-0.2, 0) is 11.3 Å². The smallest absolute Gasteiger partial charge is 0.221 e. The van der Waals surface area contributed by atoms with Crippen LogP contribution in [0.2, 0.25) is 0 Å². The highest BCUT2D eigenvalue weighted by Crippen LogP contribution is 2.26. The van der Waals surface area contributed by atoms with E-state index in [0.29, 0.717) is 25.1 Å². The fourth-order valence-corrected chi connectivity index (χ4v) is 4.10. The molecule has 3 rings (SSSR count). The Balaban J connectivity index is 1.55. The van der Waals surface area contributed by atoms with Crippen LogP contribution in [0.25, 0.3) is 0 Å². The van der Waals surface area contributed by atoms with Gasteiger partial charge in [-0.05, 0) is 62.8 Å². The third kappa shape index (κ3) is 5.71. The lowest BCUT2D eigenvalue weighted by molar-refractivity contribution is -0.121. The van der Waals surface area contributed by atoms with E-state index in [1.807, 2.05) is 0 Å². The molecule has 0 radical (unpaired) electrons. The third-order valence-electron chi connectivity index (χ3n) is 5.54. The number of nitrogens with zero attached hydrogens (tertiary/aromatic N) is 1. The van der Waals surface area contributed by atoms with Gasteiger partial charge in [-0.1, -0.05) is 18.6 Å². The van der Waals surface area contributed by atoms with Gasteiger partial charge in [-0.2, -0.15) is 0 Å². The zero-order valence-corrected chi connectivity index (χ0v) is 15.8. The van der Waals surface area contributed by atoms with Gasteiger partial charge in [-0.25, -0.2) is 0 Å². The molecule has 0 aromatic heterocycles. The lowest BCUT2D eigenvalue weighted by Crippen LogP contribution is -2.46. The van der Waals surface area contributed by atoms with Gasteiger partial charge in [0.2, 0.25) is 5.91 Å². The lowest BCUT2D eigenvalue weighted by atomic mass is 10.0. The van der Waals surface area contributed by atoms with Gasteiger partial charge < -0.3 is 15.8 Å². The summed E-state index contributed by atoms with van der Waals surface area (Å²) in [5, 5.41) is 3.04. The van der Waals surface area contributed by atoms with Crippen molar-refractivity contribution >= 4 is 5.91 Å². The molecular formula is C21H33N3O2. The molecule has 26 heavy (non-hydrogen) atoms. The average molecular weight is 360 g/mol. The summed E-state index contributed by atoms with van der Waals surface area (Å²) < 4.78 is 6.15. The minimum atomic E-state index is 0.0602. The maximum atomic E-state index is 11.7. The highest BCUT2D eigenvalue weighted by molar-refractivity contribution is 5.76. The van der Waals surface area contributed by atoms with E-state index in [-0.39, 0.29) is 5.91 Å². The Morgan fingerprint density at radius 3 is 2.81 bits per heavy atom. The molecule has 1 amide bonds. The fourth-order valence-electron chi connectivity index (χ4n) is 4.10. The van der Waals surface area contributed by atoms with Crippen LogP contribution in [0.1, 0.15) is 56.9 Å². The molecular weight excluding hydrogens is 326 g/mol. The van der Waals surface area contributed by atoms with Crippen molar-refractivity contribution in [3.05, 3.63) is 29.8 Å². The maximum Gasteiger partial charge on any atom is 0.221 e. The highest BCUT2D eigenvalue weighted by Gasteiger charge is 2.23. The van der Waals surface area contributed by atoms with Crippen molar-refractivity contribution < 1.29 is 9.53 Å². The van der Waals surface area contributed by atoms with Crippen molar-refractivity contribution in [2.24, 2.45) is 5.73 Å². The van der Waals surface area contributed by atoms with E-state index < -0.39 is 0 Å². The molecule has 2 aliphatic rings. The molecule has 1 aromatic carbocycles. The monoisotopic (exact) mass is 359 g/mol. The first-order valence-electron chi connectivity index (χ1n) is 10.2. The van der Waals surface area contributed by atoms with Crippen LogP contribution >= 0.6 is 0 Å². The van der Waals surface area contributed by atoms with Crippen molar-refractivity contribution in [1.82, 2.24) is 10.2 Å². The number of nitrogens with one attached hydrogen (secondary N) is 1. The molecule has 5 heteroatoms. The van der Waals surface area contributed by atoms with Crippen LogP contribution in [0.15, 0.2) is 24.3 Å². The minimum Gasteiger partial charge on any atom is -0.490 e. The van der Waals surface area contributed by atoms with Crippen LogP contribution in [0.4, 0.5) is 0 Å². The van der Waals surface area contributed by atoms with Crippen molar-refractivity contribution in [3.63, 3.8) is 0 Å². The molecule has 3 N–H and O–H groups in total. The number of amides is 1. The predicted molar refractivity (Wildman–Crippen MR) is 104 cm³/mol. The molecule has 144 valence electrons. The first-order chi connectivity index (χ1) is 12.7. The first kappa shape index (κ1) is 19.2. The van der Waals surface area contributed by atoms with Gasteiger partial charge in [-0.15, -0.1) is 0 Å². The second-order valence-electron chi connectivity index (χ2n) is 7.63. The topological polar surface area (TPSA) is 67.6 Å². The number of nitrogens with two attached hydrogens (primary N) is 1. The van der Waals surface area contributed by atoms with E-state index in [9.17, 15) is 4.79 Å². The van der Waals surface area contributed by atoms with Gasteiger partial charge in [0.1, 0.15) is 5.75 Å². The maximum absolute atomic E-state index is 11.7. The Hall–Kier alpha value is -1.59. The number of carbonyl (C=O) groups excluding carboxylic acids is 1. The van der Waals surface area contributed by atoms with Crippen molar-refractivity contribution in [1.29, 1.82) is 0 Å². The number of likely N-dealkylation sites (tertiary alicyclic amines) is 1. The minimum absolute atomic E-state index is 0.0602. The van der Waals surface area contributed by atoms with Gasteiger partial charge >= 0.3 is 0 Å². The van der Waals surface area contributed by atoms with E-state index in [0.717, 1.165) is 31.8 Å². The van der Waals surface area contributed by atoms with Crippen LogP contribution in [-0.4, -0.2) is 42.6 Å². The number of ether oxygens (including phenoxy) is 1. The second kappa shape index (κ2) is 9.93. The molecule has 1 aromatic rings. The second-order valence-corrected chi connectivity index (χ2v) is 7.63. The molecule has 0 bridgehead atoms. The Morgan fingerprint density at radius 1 is 1.19 bits per heavy atom. The van der Waals surface area contributed by atoms with E-state index in [4.69, 9.17) is 10.5 Å². The number of hydrogen-bond acceptors (Lipinski definition) is 4. The summed E-state index contributed by atoms with van der Waals surface area (Å²) in [7, 11) is 0. The Kier molecular flexibility index (Phi) is 7.32. The summed E-state index contributed by atoms with van der Waals surface area (Å²) in [6, 6.07) is 8.95. The summed E-state index contributed by atoms with van der Waals surface area (Å²) in [5.41, 5.74) is 6.75. The van der Waals surface area contributed by atoms with E-state index >= 15 is 0 Å². The number of benzene rings is 1. The zero-order chi connectivity index (χ0) is 18.2. The number of rotatable bonds is 8. The summed E-state index contributed by atoms with van der Waals surface area (Å²) in [6.07, 6.45) is 9.34. The van der Waals surface area contributed by atoms with E-state index in [2.05, 4.69) is 34.5 Å². The van der Waals surface area contributed by atoms with Crippen molar-refractivity contribution in [3.8, 4) is 5.75 Å². The van der Waals surface area contributed by atoms with Gasteiger partial charge in [0.15, 0.2) is 0 Å². The van der Waals surface area contributed by atoms with Crippen LogP contribution in [0, 0.1) is 0 Å². The highest BCUT2D eigenvalue weighted by atomic mass is 16.5. The van der Waals surface area contributed by atoms with Crippen LogP contribution in [0.3, 0.4) is 0 Å². The van der Waals surface area contributed by atoms with Gasteiger partial charge in [0.25, 0.3) is 0 Å². The Bertz CT molecular complexity index is 572. The summed E-state index contributed by atoms with van der Waals surface area (Å²) >= 11 is 0. The van der Waals surface area contributed by atoms with Crippen molar-refractivity contribution in [2.45, 2.75) is 70.1 Å². The average Bonchev–Trinajstić information content (AvgIpc) is 3.15. The van der Waals surface area contributed by atoms with Crippen molar-refractivity contribution in [2.75, 3.05) is 19.6 Å². The van der Waals surface area contributed by atoms with Gasteiger partial charge in [0, 0.05) is 32.1 Å². The molecule has 1 atom stereocenters. The molecule has 1 aliphatic carbocycles. The lowest BCUT2D eigenvalue weighted by Gasteiger charge is -2.36. The van der Waals surface area contributed by atoms with Crippen LogP contribution in [0.5, 0.6) is 5.75 Å². The molecule has 1 unspecified atom stereocenters. The normalized spacial score (nSPS) is 21.7. The SMILES string of the molecule is NCCC(=O)NCC1CCCCN1Cc1cccc(OC2CCCC2)c1. The Morgan fingerprint density at radius 2 is 2.00 bits per heavy atom. The fraction of sp³-hybridized carbons (Fsp3) is 0.667. The predicted octanol–water partition coefficient (Wildman–Crippen LogP) is 2.83. The standard InChI is InChI=1S/C21H33N3O2/c22-12-11-21(25)23-15-18-7-3-4-13-24(18)16-17-6-5-10-20(14-17)26-19-8-1-2-9-19/h5-6,10,14,18-19H,1-4,7-9,11-13,15-16,22H2,(H,23,25). The first-order valence-corrected chi connectivity index (χ1v) is 10.2. The molecule has 1 aliphatic heterocycles. The quantitative estimate of drug-likeness (QED) is 0.749. The van der Waals surface area contributed by atoms with E-state index in [1.54, 1.807) is 0 Å². The number of hydrogen-bond donors (Lipinski definition) is 2. The number of piperidine rings is 1. The van der Waals surface area contributed by atoms with E-state index in [1.165, 1.54) is 44.1 Å². The molecule has 1 saturated heterocycles. The molecule has 0 spiro atoms. The van der Waals surface area contributed by atoms with Crippen LogP contribution < -0.4 is 15.8 Å². The largest absolute Gasteiger partial charge is 0.490 e.